The molecule has 0 saturated carbocycles. The number of carbonyl (C=O) groups excluding carboxylic acids is 2. The molecular formula is C18H12ClN3O6S. The molecule has 0 unspecified atom stereocenters. The number of nitro benzene ring substituents is 1. The van der Waals surface area contributed by atoms with Gasteiger partial charge in [0.1, 0.15) is 5.57 Å². The minimum atomic E-state index is -0.810. The lowest BCUT2D eigenvalue weighted by Gasteiger charge is -2.29. The van der Waals surface area contributed by atoms with Crippen LogP contribution in [0.3, 0.4) is 0 Å². The van der Waals surface area contributed by atoms with Crippen LogP contribution in [0.2, 0.25) is 5.02 Å². The number of halogens is 1. The van der Waals surface area contributed by atoms with Crippen LogP contribution < -0.4 is 15.0 Å². The zero-order chi connectivity index (χ0) is 21.3. The second-order valence-corrected chi connectivity index (χ2v) is 6.61. The van der Waals surface area contributed by atoms with E-state index < -0.39 is 28.2 Å². The summed E-state index contributed by atoms with van der Waals surface area (Å²) in [6, 6.07) is 8.57. The first-order valence-corrected chi connectivity index (χ1v) is 8.74. The largest absolute Gasteiger partial charge is 0.500 e. The van der Waals surface area contributed by atoms with Gasteiger partial charge in [0, 0.05) is 11.1 Å². The van der Waals surface area contributed by atoms with Crippen molar-refractivity contribution in [2.24, 2.45) is 0 Å². The topological polar surface area (TPSA) is 122 Å². The second kappa shape index (κ2) is 7.86. The van der Waals surface area contributed by atoms with Crippen LogP contribution in [0.5, 0.6) is 11.5 Å². The molecule has 0 spiro atoms. The van der Waals surface area contributed by atoms with Gasteiger partial charge in [-0.25, -0.2) is 0 Å². The number of hydrogen-bond donors (Lipinski definition) is 2. The maximum Gasteiger partial charge on any atom is 0.315 e. The number of hydrogen-bond acceptors (Lipinski definition) is 7. The lowest BCUT2D eigenvalue weighted by Crippen LogP contribution is -2.54. The number of nitrogens with one attached hydrogen (secondary N) is 1. The van der Waals surface area contributed by atoms with Crippen LogP contribution in [-0.4, -0.2) is 34.1 Å². The second-order valence-electron chi connectivity index (χ2n) is 5.79. The van der Waals surface area contributed by atoms with Gasteiger partial charge in [0.15, 0.2) is 10.9 Å². The average Bonchev–Trinajstić information content (AvgIpc) is 2.65. The van der Waals surface area contributed by atoms with Crippen LogP contribution in [0.4, 0.5) is 11.4 Å². The van der Waals surface area contributed by atoms with Crippen molar-refractivity contribution in [2.75, 3.05) is 12.0 Å². The predicted octanol–water partition coefficient (Wildman–Crippen LogP) is 2.79. The van der Waals surface area contributed by atoms with E-state index in [0.717, 1.165) is 17.0 Å². The van der Waals surface area contributed by atoms with Gasteiger partial charge in [-0.05, 0) is 48.1 Å². The molecule has 2 N–H and O–H groups in total. The minimum Gasteiger partial charge on any atom is -0.500 e. The van der Waals surface area contributed by atoms with Crippen LogP contribution in [0.25, 0.3) is 6.08 Å². The number of nitro groups is 1. The van der Waals surface area contributed by atoms with Gasteiger partial charge in [0.2, 0.25) is 5.75 Å². The van der Waals surface area contributed by atoms with Gasteiger partial charge in [0.05, 0.1) is 17.7 Å². The Morgan fingerprint density at radius 2 is 2.03 bits per heavy atom. The molecule has 2 aromatic rings. The fourth-order valence-electron chi connectivity index (χ4n) is 2.67. The molecule has 0 aliphatic carbocycles. The Balaban J connectivity index is 2.10. The number of aromatic hydroxyl groups is 1. The summed E-state index contributed by atoms with van der Waals surface area (Å²) in [5.41, 5.74) is -0.515. The Labute approximate surface area is 174 Å². The van der Waals surface area contributed by atoms with Crippen molar-refractivity contribution in [3.8, 4) is 11.5 Å². The molecule has 2 amide bonds. The summed E-state index contributed by atoms with van der Waals surface area (Å²) in [6.07, 6.45) is 1.14. The minimum absolute atomic E-state index is 0.101. The zero-order valence-corrected chi connectivity index (χ0v) is 16.3. The first-order valence-electron chi connectivity index (χ1n) is 7.95. The molecule has 1 aliphatic heterocycles. The fraction of sp³-hybridized carbons (Fsp3) is 0.0556. The highest BCUT2D eigenvalue weighted by molar-refractivity contribution is 7.80. The third-order valence-corrected chi connectivity index (χ3v) is 4.49. The number of ether oxygens (including phenoxy) is 1. The summed E-state index contributed by atoms with van der Waals surface area (Å²) in [6.45, 7) is 0. The Morgan fingerprint density at radius 1 is 1.31 bits per heavy atom. The molecule has 0 bridgehead atoms. The van der Waals surface area contributed by atoms with Crippen molar-refractivity contribution in [1.82, 2.24) is 5.32 Å². The molecule has 1 saturated heterocycles. The van der Waals surface area contributed by atoms with Crippen LogP contribution >= 0.6 is 23.8 Å². The van der Waals surface area contributed by atoms with Crippen LogP contribution in [-0.2, 0) is 9.59 Å². The van der Waals surface area contributed by atoms with E-state index in [4.69, 9.17) is 28.6 Å². The third kappa shape index (κ3) is 3.89. The number of phenolic OH excluding ortho intramolecular Hbond substituents is 1. The summed E-state index contributed by atoms with van der Waals surface area (Å²) < 4.78 is 4.92. The molecule has 29 heavy (non-hydrogen) atoms. The van der Waals surface area contributed by atoms with Crippen molar-refractivity contribution in [1.29, 1.82) is 0 Å². The lowest BCUT2D eigenvalue weighted by molar-refractivity contribution is -0.386. The summed E-state index contributed by atoms with van der Waals surface area (Å²) in [5.74, 6) is -2.36. The lowest BCUT2D eigenvalue weighted by atomic mass is 10.1. The maximum absolute atomic E-state index is 13.0. The molecular weight excluding hydrogens is 422 g/mol. The van der Waals surface area contributed by atoms with E-state index in [1.807, 2.05) is 0 Å². The maximum atomic E-state index is 13.0. The molecule has 1 fully saturated rings. The monoisotopic (exact) mass is 433 g/mol. The Morgan fingerprint density at radius 3 is 2.66 bits per heavy atom. The van der Waals surface area contributed by atoms with Crippen LogP contribution in [0.1, 0.15) is 5.56 Å². The van der Waals surface area contributed by atoms with Gasteiger partial charge >= 0.3 is 5.69 Å². The molecule has 9 nitrogen and oxygen atoms in total. The number of anilines is 1. The van der Waals surface area contributed by atoms with E-state index in [2.05, 4.69) is 5.32 Å². The average molecular weight is 434 g/mol. The predicted molar refractivity (Wildman–Crippen MR) is 109 cm³/mol. The number of benzene rings is 2. The van der Waals surface area contributed by atoms with Crippen molar-refractivity contribution in [3.05, 3.63) is 62.7 Å². The highest BCUT2D eigenvalue weighted by atomic mass is 35.5. The molecule has 1 aliphatic rings. The Bertz CT molecular complexity index is 1100. The summed E-state index contributed by atoms with van der Waals surface area (Å²) in [4.78, 5) is 36.7. The van der Waals surface area contributed by atoms with E-state index >= 15 is 0 Å². The fourth-order valence-corrected chi connectivity index (χ4v) is 3.13. The van der Waals surface area contributed by atoms with Gasteiger partial charge in [-0.3, -0.25) is 29.9 Å². The van der Waals surface area contributed by atoms with Crippen LogP contribution in [0.15, 0.2) is 42.0 Å². The number of amides is 2. The van der Waals surface area contributed by atoms with Gasteiger partial charge in [-0.2, -0.15) is 0 Å². The quantitative estimate of drug-likeness (QED) is 0.250. The SMILES string of the molecule is COc1cc(/C=C2\C(=O)NC(=S)N(c3cccc(Cl)c3)C2=O)cc([N+](=O)[O-])c1O. The third-order valence-electron chi connectivity index (χ3n) is 3.97. The normalized spacial score (nSPS) is 15.4. The van der Waals surface area contributed by atoms with Crippen molar-refractivity contribution in [2.45, 2.75) is 0 Å². The van der Waals surface area contributed by atoms with Gasteiger partial charge in [-0.1, -0.05) is 17.7 Å². The van der Waals surface area contributed by atoms with Gasteiger partial charge in [0.25, 0.3) is 11.8 Å². The molecule has 0 aromatic heterocycles. The van der Waals surface area contributed by atoms with E-state index in [1.54, 1.807) is 18.2 Å². The number of rotatable bonds is 4. The smallest absolute Gasteiger partial charge is 0.315 e. The van der Waals surface area contributed by atoms with E-state index in [1.165, 1.54) is 19.2 Å². The molecule has 1 heterocycles. The molecule has 11 heteroatoms. The van der Waals surface area contributed by atoms with Crippen molar-refractivity contribution < 1.29 is 24.4 Å². The first-order chi connectivity index (χ1) is 13.7. The molecule has 2 aromatic carbocycles. The van der Waals surface area contributed by atoms with E-state index in [0.29, 0.717) is 10.7 Å². The first kappa shape index (κ1) is 20.2. The number of phenols is 1. The van der Waals surface area contributed by atoms with E-state index in [9.17, 15) is 24.8 Å². The molecule has 3 rings (SSSR count). The summed E-state index contributed by atoms with van der Waals surface area (Å²) >= 11 is 11.1. The van der Waals surface area contributed by atoms with Crippen LogP contribution in [0, 0.1) is 10.1 Å². The Kier molecular flexibility index (Phi) is 5.48. The van der Waals surface area contributed by atoms with Crippen molar-refractivity contribution >= 4 is 58.2 Å². The van der Waals surface area contributed by atoms with Gasteiger partial charge in [-0.15, -0.1) is 0 Å². The highest BCUT2D eigenvalue weighted by Gasteiger charge is 2.34. The van der Waals surface area contributed by atoms with E-state index in [-0.39, 0.29) is 22.0 Å². The zero-order valence-electron chi connectivity index (χ0n) is 14.7. The van der Waals surface area contributed by atoms with Crippen molar-refractivity contribution in [3.63, 3.8) is 0 Å². The molecule has 0 radical (unpaired) electrons. The number of carbonyl (C=O) groups is 2. The summed E-state index contributed by atoms with van der Waals surface area (Å²) in [7, 11) is 1.22. The number of thiocarbonyl (C=S) groups is 1. The standard InChI is InChI=1S/C18H12ClN3O6S/c1-28-14-7-9(6-13(15(14)23)22(26)27)5-12-16(24)20-18(29)21(17(12)25)11-4-2-3-10(19)8-11/h2-8,23H,1H3,(H,20,24,29)/b12-5+. The number of methoxy groups -OCH3 is 1. The summed E-state index contributed by atoms with van der Waals surface area (Å²) in [5, 5.41) is 23.7. The molecule has 0 atom stereocenters. The van der Waals surface area contributed by atoms with Gasteiger partial charge < -0.3 is 9.84 Å². The number of nitrogens with zero attached hydrogens (tertiary/aromatic N) is 2. The molecule has 148 valence electrons. The highest BCUT2D eigenvalue weighted by Crippen LogP contribution is 2.37. The Hall–Kier alpha value is -3.50.